The minimum absolute atomic E-state index is 0. The molecule has 1 aliphatic carbocycles. The van der Waals surface area contributed by atoms with Crippen molar-refractivity contribution < 1.29 is 4.74 Å². The molecule has 3 rings (SSSR count). The zero-order valence-electron chi connectivity index (χ0n) is 14.3. The second-order valence-corrected chi connectivity index (χ2v) is 7.41. The molecule has 0 spiro atoms. The number of benzene rings is 1. The number of nitrogens with one attached hydrogen (secondary N) is 2. The minimum Gasteiger partial charge on any atom is -0.490 e. The van der Waals surface area contributed by atoms with Crippen molar-refractivity contribution in [2.24, 2.45) is 4.99 Å². The fourth-order valence-electron chi connectivity index (χ4n) is 2.85. The van der Waals surface area contributed by atoms with Gasteiger partial charge < -0.3 is 15.4 Å². The summed E-state index contributed by atoms with van der Waals surface area (Å²) in [6.07, 6.45) is 6.59. The third-order valence-electron chi connectivity index (χ3n) is 4.49. The largest absolute Gasteiger partial charge is 0.490 e. The number of para-hydroxylation sites is 1. The van der Waals surface area contributed by atoms with E-state index in [0.717, 1.165) is 18.3 Å². The van der Waals surface area contributed by atoms with Gasteiger partial charge in [0.05, 0.1) is 6.10 Å². The first kappa shape index (κ1) is 19.7. The summed E-state index contributed by atoms with van der Waals surface area (Å²) in [5, 5.41) is 6.97. The van der Waals surface area contributed by atoms with E-state index in [4.69, 9.17) is 4.74 Å². The molecule has 4 nitrogen and oxygen atoms in total. The van der Waals surface area contributed by atoms with Crippen LogP contribution in [0.2, 0.25) is 0 Å². The summed E-state index contributed by atoms with van der Waals surface area (Å²) in [6, 6.07) is 8.85. The Kier molecular flexibility index (Phi) is 8.52. The number of halogens is 1. The lowest BCUT2D eigenvalue weighted by Gasteiger charge is -2.28. The first-order chi connectivity index (χ1) is 11.3. The van der Waals surface area contributed by atoms with Gasteiger partial charge in [0.2, 0.25) is 0 Å². The van der Waals surface area contributed by atoms with Gasteiger partial charge in [0.25, 0.3) is 0 Å². The lowest BCUT2D eigenvalue weighted by molar-refractivity contribution is 0.119. The highest BCUT2D eigenvalue weighted by molar-refractivity contribution is 14.0. The molecule has 1 unspecified atom stereocenters. The van der Waals surface area contributed by atoms with Gasteiger partial charge in [-0.25, -0.2) is 0 Å². The number of thioether (sulfide) groups is 1. The van der Waals surface area contributed by atoms with Gasteiger partial charge in [-0.2, -0.15) is 11.8 Å². The van der Waals surface area contributed by atoms with E-state index in [1.165, 1.54) is 49.2 Å². The maximum Gasteiger partial charge on any atom is 0.191 e. The van der Waals surface area contributed by atoms with Crippen LogP contribution in [0.4, 0.5) is 0 Å². The van der Waals surface area contributed by atoms with Crippen LogP contribution >= 0.6 is 35.7 Å². The fourth-order valence-corrected chi connectivity index (χ4v) is 3.93. The molecule has 1 saturated heterocycles. The second-order valence-electron chi connectivity index (χ2n) is 6.26. The number of guanidine groups is 1. The molecule has 1 saturated carbocycles. The molecule has 1 aromatic rings. The van der Waals surface area contributed by atoms with Crippen molar-refractivity contribution in [2.45, 2.75) is 50.8 Å². The van der Waals surface area contributed by atoms with Crippen LogP contribution in [-0.2, 0) is 6.54 Å². The Morgan fingerprint density at radius 3 is 2.75 bits per heavy atom. The van der Waals surface area contributed by atoms with Crippen LogP contribution in [0.3, 0.4) is 0 Å². The van der Waals surface area contributed by atoms with Crippen molar-refractivity contribution >= 4 is 41.7 Å². The van der Waals surface area contributed by atoms with Crippen LogP contribution in [0, 0.1) is 0 Å². The Bertz CT molecular complexity index is 531. The lowest BCUT2D eigenvalue weighted by atomic mass is 9.96. The van der Waals surface area contributed by atoms with Crippen molar-refractivity contribution in [2.75, 3.05) is 18.6 Å². The molecular weight excluding hydrogens is 433 g/mol. The van der Waals surface area contributed by atoms with E-state index in [0.29, 0.717) is 12.1 Å². The standard InChI is InChI=1S/C18H27N3OS.HI/c1-19-18(21-15-7-5-11-23-13-15)20-12-14-6-2-3-10-17(14)22-16-8-4-9-16;/h2-3,6,10,15-16H,4-5,7-9,11-13H2,1H3,(H2,19,20,21);1H. The Hall–Kier alpha value is -0.630. The maximum absolute atomic E-state index is 6.09. The van der Waals surface area contributed by atoms with Gasteiger partial charge in [0, 0.05) is 31.0 Å². The highest BCUT2D eigenvalue weighted by Gasteiger charge is 2.20. The lowest BCUT2D eigenvalue weighted by Crippen LogP contribution is -2.45. The van der Waals surface area contributed by atoms with Crippen molar-refractivity contribution in [3.63, 3.8) is 0 Å². The topological polar surface area (TPSA) is 45.7 Å². The van der Waals surface area contributed by atoms with Crippen LogP contribution in [0.25, 0.3) is 0 Å². The number of hydrogen-bond donors (Lipinski definition) is 2. The summed E-state index contributed by atoms with van der Waals surface area (Å²) >= 11 is 2.02. The summed E-state index contributed by atoms with van der Waals surface area (Å²) < 4.78 is 6.09. The molecule has 0 radical (unpaired) electrons. The molecule has 1 heterocycles. The normalized spacial score (nSPS) is 21.4. The molecule has 2 aliphatic rings. The van der Waals surface area contributed by atoms with Gasteiger partial charge in [-0.15, -0.1) is 24.0 Å². The number of hydrogen-bond acceptors (Lipinski definition) is 3. The minimum atomic E-state index is 0. The monoisotopic (exact) mass is 461 g/mol. The van der Waals surface area contributed by atoms with Crippen molar-refractivity contribution in [3.05, 3.63) is 29.8 Å². The van der Waals surface area contributed by atoms with Gasteiger partial charge in [0.15, 0.2) is 5.96 Å². The van der Waals surface area contributed by atoms with Crippen LogP contribution < -0.4 is 15.4 Å². The van der Waals surface area contributed by atoms with E-state index in [1.807, 2.05) is 24.9 Å². The molecule has 1 atom stereocenters. The van der Waals surface area contributed by atoms with Gasteiger partial charge in [-0.1, -0.05) is 18.2 Å². The van der Waals surface area contributed by atoms with Crippen LogP contribution in [0.1, 0.15) is 37.7 Å². The Labute approximate surface area is 166 Å². The number of rotatable bonds is 5. The average Bonchev–Trinajstić information content (AvgIpc) is 2.56. The van der Waals surface area contributed by atoms with Crippen molar-refractivity contribution in [3.8, 4) is 5.75 Å². The SMILES string of the molecule is CN=C(NCc1ccccc1OC1CCC1)NC1CCCSC1.I. The van der Waals surface area contributed by atoms with E-state index < -0.39 is 0 Å². The molecular formula is C18H28IN3OS. The summed E-state index contributed by atoms with van der Waals surface area (Å²) in [5.41, 5.74) is 1.19. The number of ether oxygens (including phenoxy) is 1. The zero-order chi connectivity index (χ0) is 15.9. The molecule has 0 amide bonds. The molecule has 2 N–H and O–H groups in total. The van der Waals surface area contributed by atoms with Crippen LogP contribution in [-0.4, -0.2) is 36.7 Å². The Morgan fingerprint density at radius 2 is 2.08 bits per heavy atom. The van der Waals surface area contributed by atoms with Gasteiger partial charge >= 0.3 is 0 Å². The first-order valence-corrected chi connectivity index (χ1v) is 9.80. The molecule has 134 valence electrons. The van der Waals surface area contributed by atoms with E-state index in [-0.39, 0.29) is 24.0 Å². The van der Waals surface area contributed by atoms with E-state index in [9.17, 15) is 0 Å². The Balaban J connectivity index is 0.00000208. The predicted molar refractivity (Wildman–Crippen MR) is 114 cm³/mol. The van der Waals surface area contributed by atoms with Gasteiger partial charge in [-0.05, 0) is 43.9 Å². The Morgan fingerprint density at radius 1 is 1.25 bits per heavy atom. The fraction of sp³-hybridized carbons (Fsp3) is 0.611. The molecule has 2 fully saturated rings. The second kappa shape index (κ2) is 10.4. The summed E-state index contributed by atoms with van der Waals surface area (Å²) in [5.74, 6) is 4.35. The molecule has 0 bridgehead atoms. The first-order valence-electron chi connectivity index (χ1n) is 8.64. The molecule has 0 aromatic heterocycles. The van der Waals surface area contributed by atoms with Gasteiger partial charge in [0.1, 0.15) is 5.75 Å². The highest BCUT2D eigenvalue weighted by atomic mass is 127. The van der Waals surface area contributed by atoms with Crippen molar-refractivity contribution in [1.82, 2.24) is 10.6 Å². The quantitative estimate of drug-likeness (QED) is 0.398. The maximum atomic E-state index is 6.09. The third kappa shape index (κ3) is 5.72. The molecule has 24 heavy (non-hydrogen) atoms. The van der Waals surface area contributed by atoms with Crippen molar-refractivity contribution in [1.29, 1.82) is 0 Å². The van der Waals surface area contributed by atoms with E-state index in [2.05, 4.69) is 33.8 Å². The average molecular weight is 461 g/mol. The zero-order valence-corrected chi connectivity index (χ0v) is 17.4. The summed E-state index contributed by atoms with van der Waals surface area (Å²) in [7, 11) is 1.84. The summed E-state index contributed by atoms with van der Waals surface area (Å²) in [6.45, 7) is 0.739. The number of nitrogens with zero attached hydrogens (tertiary/aromatic N) is 1. The third-order valence-corrected chi connectivity index (χ3v) is 5.70. The number of aliphatic imine (C=N–C) groups is 1. The van der Waals surface area contributed by atoms with E-state index in [1.54, 1.807) is 0 Å². The molecule has 1 aromatic carbocycles. The predicted octanol–water partition coefficient (Wildman–Crippen LogP) is 3.80. The molecule has 1 aliphatic heterocycles. The molecule has 6 heteroatoms. The highest BCUT2D eigenvalue weighted by Crippen LogP contribution is 2.27. The summed E-state index contributed by atoms with van der Waals surface area (Å²) in [4.78, 5) is 4.36. The van der Waals surface area contributed by atoms with Crippen LogP contribution in [0.15, 0.2) is 29.3 Å². The smallest absolute Gasteiger partial charge is 0.191 e. The van der Waals surface area contributed by atoms with E-state index >= 15 is 0 Å². The van der Waals surface area contributed by atoms with Gasteiger partial charge in [-0.3, -0.25) is 4.99 Å². The van der Waals surface area contributed by atoms with Crippen LogP contribution in [0.5, 0.6) is 5.75 Å².